The Kier molecular flexibility index (Phi) is 8.56. The van der Waals surface area contributed by atoms with E-state index in [1.54, 1.807) is 0 Å². The molecule has 1 fully saturated rings. The van der Waals surface area contributed by atoms with Gasteiger partial charge in [0, 0.05) is 11.1 Å². The molecule has 0 aliphatic heterocycles. The summed E-state index contributed by atoms with van der Waals surface area (Å²) in [5, 5.41) is 11.9. The lowest BCUT2D eigenvalue weighted by Crippen LogP contribution is -2.58. The van der Waals surface area contributed by atoms with Crippen molar-refractivity contribution in [1.29, 1.82) is 0 Å². The highest BCUT2D eigenvalue weighted by Crippen LogP contribution is 2.62. The second kappa shape index (κ2) is 10.9. The van der Waals surface area contributed by atoms with Gasteiger partial charge in [0.25, 0.3) is 0 Å². The first-order valence-electron chi connectivity index (χ1n) is 14.5. The summed E-state index contributed by atoms with van der Waals surface area (Å²) in [5.74, 6) is 0.632. The molecule has 4 heteroatoms. The molecule has 0 spiro atoms. The molecule has 0 heterocycles. The molecule has 1 N–H and O–H groups in total. The number of halogens is 1. The molecule has 2 nitrogen and oxygen atoms in total. The highest BCUT2D eigenvalue weighted by Gasteiger charge is 2.58. The number of benzene rings is 2. The predicted molar refractivity (Wildman–Crippen MR) is 163 cm³/mol. The van der Waals surface area contributed by atoms with Gasteiger partial charge in [-0.1, -0.05) is 108 Å². The second-order valence-corrected chi connectivity index (χ2v) is 19.8. The third kappa shape index (κ3) is 4.94. The van der Waals surface area contributed by atoms with Crippen LogP contribution in [0.25, 0.3) is 0 Å². The van der Waals surface area contributed by atoms with Gasteiger partial charge in [0.05, 0.1) is 6.10 Å². The topological polar surface area (TPSA) is 29.5 Å². The molecule has 5 atom stereocenters. The van der Waals surface area contributed by atoms with Gasteiger partial charge < -0.3 is 9.53 Å². The maximum absolute atomic E-state index is 11.9. The number of hydrogen-bond acceptors (Lipinski definition) is 2. The minimum absolute atomic E-state index is 0.0943. The standard InChI is InChI=1S/C33H49BrO2Si/c1-22(2)37(23(3)4,24(5)6)36-21-33(8)29(31(35)25-12-10-9-11-13-25)18-19-32(7)28-16-15-27(34)20-26(28)14-17-30(32)33/h9-13,15-16,20,22-24,29-31,35H,14,17-19,21H2,1-8H3/t29-,30+,31+,32-,33-/m1/s1. The van der Waals surface area contributed by atoms with Gasteiger partial charge in [0.1, 0.15) is 0 Å². The van der Waals surface area contributed by atoms with Crippen LogP contribution in [0.4, 0.5) is 0 Å². The first-order chi connectivity index (χ1) is 17.4. The zero-order valence-corrected chi connectivity index (χ0v) is 26.9. The molecule has 4 rings (SSSR count). The largest absolute Gasteiger partial charge is 0.415 e. The van der Waals surface area contributed by atoms with Crippen LogP contribution in [0, 0.1) is 17.3 Å². The average Bonchev–Trinajstić information content (AvgIpc) is 2.83. The van der Waals surface area contributed by atoms with Crippen LogP contribution < -0.4 is 0 Å². The Morgan fingerprint density at radius 1 is 0.946 bits per heavy atom. The van der Waals surface area contributed by atoms with Gasteiger partial charge in [-0.25, -0.2) is 0 Å². The fraction of sp³-hybridized carbons (Fsp3) is 0.636. The van der Waals surface area contributed by atoms with Crippen molar-refractivity contribution in [3.05, 3.63) is 69.7 Å². The summed E-state index contributed by atoms with van der Waals surface area (Å²) in [7, 11) is -2.05. The lowest BCUT2D eigenvalue weighted by atomic mass is 9.46. The fourth-order valence-corrected chi connectivity index (χ4v) is 14.9. The van der Waals surface area contributed by atoms with Crippen molar-refractivity contribution < 1.29 is 9.53 Å². The molecule has 37 heavy (non-hydrogen) atoms. The normalized spacial score (nSPS) is 28.9. The Morgan fingerprint density at radius 2 is 1.57 bits per heavy atom. The van der Waals surface area contributed by atoms with Crippen LogP contribution in [-0.4, -0.2) is 20.0 Å². The molecule has 0 radical (unpaired) electrons. The minimum atomic E-state index is -2.05. The summed E-state index contributed by atoms with van der Waals surface area (Å²) >= 11 is 3.71. The Labute approximate surface area is 235 Å². The molecule has 2 aliphatic carbocycles. The number of fused-ring (bicyclic) bond motifs is 3. The zero-order valence-electron chi connectivity index (χ0n) is 24.4. The Balaban J connectivity index is 1.79. The quantitative estimate of drug-likeness (QED) is 0.313. The number of aryl methyl sites for hydroxylation is 1. The van der Waals surface area contributed by atoms with Crippen molar-refractivity contribution in [1.82, 2.24) is 0 Å². The van der Waals surface area contributed by atoms with Crippen LogP contribution in [0.2, 0.25) is 16.6 Å². The molecule has 2 aromatic rings. The second-order valence-electron chi connectivity index (χ2n) is 13.4. The van der Waals surface area contributed by atoms with E-state index in [1.165, 1.54) is 15.6 Å². The van der Waals surface area contributed by atoms with Gasteiger partial charge in [-0.3, -0.25) is 0 Å². The fourth-order valence-electron chi connectivity index (χ4n) is 8.93. The van der Waals surface area contributed by atoms with Crippen LogP contribution in [0.3, 0.4) is 0 Å². The van der Waals surface area contributed by atoms with Crippen molar-refractivity contribution in [2.45, 2.75) is 109 Å². The minimum Gasteiger partial charge on any atom is -0.415 e. The molecule has 0 aromatic heterocycles. The van der Waals surface area contributed by atoms with Gasteiger partial charge >= 0.3 is 0 Å². The van der Waals surface area contributed by atoms with E-state index in [9.17, 15) is 5.11 Å². The zero-order chi connectivity index (χ0) is 27.2. The molecule has 2 aromatic carbocycles. The van der Waals surface area contributed by atoms with Gasteiger partial charge in [-0.2, -0.15) is 0 Å². The summed E-state index contributed by atoms with van der Waals surface area (Å²) < 4.78 is 8.57. The number of rotatable bonds is 8. The monoisotopic (exact) mass is 584 g/mol. The van der Waals surface area contributed by atoms with E-state index in [0.29, 0.717) is 22.5 Å². The Hall–Kier alpha value is -0.943. The van der Waals surface area contributed by atoms with Crippen molar-refractivity contribution in [3.8, 4) is 0 Å². The van der Waals surface area contributed by atoms with E-state index >= 15 is 0 Å². The number of aliphatic hydroxyl groups excluding tert-OH is 1. The van der Waals surface area contributed by atoms with E-state index in [-0.39, 0.29) is 16.7 Å². The van der Waals surface area contributed by atoms with E-state index in [1.807, 2.05) is 6.07 Å². The van der Waals surface area contributed by atoms with Gasteiger partial charge in [-0.05, 0) is 93.8 Å². The summed E-state index contributed by atoms with van der Waals surface area (Å²) in [4.78, 5) is 0. The van der Waals surface area contributed by atoms with Crippen molar-refractivity contribution in [2.24, 2.45) is 17.3 Å². The Morgan fingerprint density at radius 3 is 2.16 bits per heavy atom. The third-order valence-corrected chi connectivity index (χ3v) is 17.2. The van der Waals surface area contributed by atoms with Crippen LogP contribution in [0.5, 0.6) is 0 Å². The average molecular weight is 586 g/mol. The molecule has 0 amide bonds. The SMILES string of the molecule is CC(C)[Si](OC[C@]1(C)[C@@H]([C@@H](O)c2ccccc2)CC[C@]2(C)c3ccc(Br)cc3CC[C@H]12)(C(C)C)C(C)C. The molecular formula is C33H49BrO2Si. The van der Waals surface area contributed by atoms with E-state index in [2.05, 4.69) is 114 Å². The summed E-state index contributed by atoms with van der Waals surface area (Å²) in [6.07, 6.45) is 3.89. The molecule has 1 saturated carbocycles. The van der Waals surface area contributed by atoms with Crippen molar-refractivity contribution >= 4 is 24.2 Å². The first kappa shape index (κ1) is 29.0. The molecule has 204 valence electrons. The van der Waals surface area contributed by atoms with Crippen LogP contribution >= 0.6 is 15.9 Å². The van der Waals surface area contributed by atoms with E-state index in [4.69, 9.17) is 4.43 Å². The van der Waals surface area contributed by atoms with Gasteiger partial charge in [-0.15, -0.1) is 0 Å². The maximum Gasteiger partial charge on any atom is 0.200 e. The molecule has 0 bridgehead atoms. The van der Waals surface area contributed by atoms with Crippen LogP contribution in [0.1, 0.15) is 97.4 Å². The molecule has 0 unspecified atom stereocenters. The van der Waals surface area contributed by atoms with E-state index < -0.39 is 14.4 Å². The maximum atomic E-state index is 11.9. The molecular weight excluding hydrogens is 536 g/mol. The predicted octanol–water partition coefficient (Wildman–Crippen LogP) is 9.61. The highest BCUT2D eigenvalue weighted by atomic mass is 79.9. The smallest absolute Gasteiger partial charge is 0.200 e. The number of aliphatic hydroxyl groups is 1. The van der Waals surface area contributed by atoms with Gasteiger partial charge in [0.2, 0.25) is 0 Å². The van der Waals surface area contributed by atoms with Crippen molar-refractivity contribution in [3.63, 3.8) is 0 Å². The number of hydrogen-bond donors (Lipinski definition) is 1. The van der Waals surface area contributed by atoms with Crippen LogP contribution in [0.15, 0.2) is 53.0 Å². The van der Waals surface area contributed by atoms with E-state index in [0.717, 1.165) is 37.9 Å². The van der Waals surface area contributed by atoms with Crippen molar-refractivity contribution in [2.75, 3.05) is 6.61 Å². The summed E-state index contributed by atoms with van der Waals surface area (Å²) in [6.45, 7) is 20.0. The third-order valence-electron chi connectivity index (χ3n) is 10.6. The molecule has 2 aliphatic rings. The lowest BCUT2D eigenvalue weighted by Gasteiger charge is -2.60. The first-order valence-corrected chi connectivity index (χ1v) is 17.5. The van der Waals surface area contributed by atoms with Gasteiger partial charge in [0.15, 0.2) is 8.32 Å². The highest BCUT2D eigenvalue weighted by molar-refractivity contribution is 9.10. The summed E-state index contributed by atoms with van der Waals surface area (Å²) in [6, 6.07) is 17.3. The lowest BCUT2D eigenvalue weighted by molar-refractivity contribution is -0.106. The molecule has 0 saturated heterocycles. The summed E-state index contributed by atoms with van der Waals surface area (Å²) in [5.41, 5.74) is 5.68. The Bertz CT molecular complexity index is 1050. The van der Waals surface area contributed by atoms with Crippen LogP contribution in [-0.2, 0) is 16.3 Å².